The van der Waals surface area contributed by atoms with Crippen molar-refractivity contribution in [2.24, 2.45) is 0 Å². The zero-order chi connectivity index (χ0) is 24.3. The Morgan fingerprint density at radius 3 is 2.55 bits per heavy atom. The minimum Gasteiger partial charge on any atom is -0.458 e. The van der Waals surface area contributed by atoms with E-state index in [1.807, 2.05) is 0 Å². The predicted molar refractivity (Wildman–Crippen MR) is 110 cm³/mol. The Kier molecular flexibility index (Phi) is 7.00. The molecular weight excluding hydrogens is 445 g/mol. The Labute approximate surface area is 187 Å². The smallest absolute Gasteiger partial charge is 0.416 e. The SMILES string of the molecule is C=CCOC(=O)C1=C(C)N(Cc2ccc(F)cc2F)C(=O)C[C@@H]1c1ccccc1C(F)(F)F. The summed E-state index contributed by atoms with van der Waals surface area (Å²) in [7, 11) is 0. The summed E-state index contributed by atoms with van der Waals surface area (Å²) in [5, 5.41) is 0. The van der Waals surface area contributed by atoms with Gasteiger partial charge in [-0.25, -0.2) is 13.6 Å². The molecule has 0 aromatic heterocycles. The molecule has 0 saturated heterocycles. The number of carbonyl (C=O) groups is 2. The number of hydrogen-bond acceptors (Lipinski definition) is 3. The van der Waals surface area contributed by atoms with Gasteiger partial charge in [0.05, 0.1) is 17.7 Å². The molecule has 4 nitrogen and oxygen atoms in total. The van der Waals surface area contributed by atoms with Crippen LogP contribution in [0, 0.1) is 11.6 Å². The monoisotopic (exact) mass is 465 g/mol. The maximum atomic E-state index is 14.2. The molecule has 2 aromatic carbocycles. The van der Waals surface area contributed by atoms with E-state index >= 15 is 0 Å². The van der Waals surface area contributed by atoms with Crippen molar-refractivity contribution in [2.75, 3.05) is 6.61 Å². The van der Waals surface area contributed by atoms with Gasteiger partial charge in [0.2, 0.25) is 5.91 Å². The van der Waals surface area contributed by atoms with Gasteiger partial charge in [0, 0.05) is 29.7 Å². The van der Waals surface area contributed by atoms with E-state index in [0.29, 0.717) is 6.07 Å². The van der Waals surface area contributed by atoms with Crippen molar-refractivity contribution in [3.8, 4) is 0 Å². The molecule has 0 fully saturated rings. The van der Waals surface area contributed by atoms with Crippen molar-refractivity contribution in [2.45, 2.75) is 32.0 Å². The fraction of sp³-hybridized carbons (Fsp3) is 0.250. The summed E-state index contributed by atoms with van der Waals surface area (Å²) in [6.45, 7) is 4.30. The van der Waals surface area contributed by atoms with Gasteiger partial charge in [0.1, 0.15) is 18.2 Å². The van der Waals surface area contributed by atoms with Crippen molar-refractivity contribution < 1.29 is 36.3 Å². The number of amides is 1. The van der Waals surface area contributed by atoms with Gasteiger partial charge in [-0.2, -0.15) is 13.2 Å². The van der Waals surface area contributed by atoms with Crippen LogP contribution in [0.1, 0.15) is 36.0 Å². The highest BCUT2D eigenvalue weighted by Gasteiger charge is 2.42. The van der Waals surface area contributed by atoms with E-state index < -0.39 is 47.6 Å². The number of esters is 1. The molecule has 0 N–H and O–H groups in total. The quantitative estimate of drug-likeness (QED) is 0.322. The summed E-state index contributed by atoms with van der Waals surface area (Å²) in [6.07, 6.45) is -3.88. The van der Waals surface area contributed by atoms with Crippen LogP contribution < -0.4 is 0 Å². The first-order chi connectivity index (χ1) is 15.5. The van der Waals surface area contributed by atoms with Crippen molar-refractivity contribution in [3.05, 3.63) is 94.7 Å². The molecule has 1 atom stereocenters. The third kappa shape index (κ3) is 5.13. The second-order valence-electron chi connectivity index (χ2n) is 7.44. The van der Waals surface area contributed by atoms with Crippen molar-refractivity contribution in [1.29, 1.82) is 0 Å². The summed E-state index contributed by atoms with van der Waals surface area (Å²) in [4.78, 5) is 26.9. The molecule has 1 amide bonds. The summed E-state index contributed by atoms with van der Waals surface area (Å²) >= 11 is 0. The Morgan fingerprint density at radius 1 is 1.21 bits per heavy atom. The highest BCUT2D eigenvalue weighted by atomic mass is 19.4. The predicted octanol–water partition coefficient (Wildman–Crippen LogP) is 5.50. The Bertz CT molecular complexity index is 1120. The van der Waals surface area contributed by atoms with Crippen molar-refractivity contribution in [3.63, 3.8) is 0 Å². The number of halogens is 5. The molecular formula is C24H20F5NO3. The van der Waals surface area contributed by atoms with Crippen molar-refractivity contribution >= 4 is 11.9 Å². The van der Waals surface area contributed by atoms with Gasteiger partial charge in [-0.1, -0.05) is 36.9 Å². The van der Waals surface area contributed by atoms with Crippen LogP contribution in [0.3, 0.4) is 0 Å². The lowest BCUT2D eigenvalue weighted by Crippen LogP contribution is -2.38. The van der Waals surface area contributed by atoms with E-state index in [2.05, 4.69) is 6.58 Å². The van der Waals surface area contributed by atoms with Gasteiger partial charge in [-0.05, 0) is 24.6 Å². The maximum absolute atomic E-state index is 14.2. The van der Waals surface area contributed by atoms with Crippen LogP contribution in [0.4, 0.5) is 22.0 Å². The van der Waals surface area contributed by atoms with E-state index in [0.717, 1.165) is 23.1 Å². The average Bonchev–Trinajstić information content (AvgIpc) is 2.75. The normalized spacial score (nSPS) is 16.7. The number of rotatable bonds is 6. The summed E-state index contributed by atoms with van der Waals surface area (Å²) in [5.41, 5.74) is -1.34. The molecule has 0 bridgehead atoms. The minimum atomic E-state index is -4.71. The molecule has 2 aromatic rings. The van der Waals surface area contributed by atoms with Gasteiger partial charge in [0.25, 0.3) is 0 Å². The number of carbonyl (C=O) groups excluding carboxylic acids is 2. The fourth-order valence-corrected chi connectivity index (χ4v) is 3.83. The number of allylic oxidation sites excluding steroid dienone is 1. The molecule has 0 aliphatic carbocycles. The first-order valence-corrected chi connectivity index (χ1v) is 9.93. The summed E-state index contributed by atoms with van der Waals surface area (Å²) in [5.74, 6) is -4.44. The van der Waals surface area contributed by atoms with Gasteiger partial charge in [-0.3, -0.25) is 4.79 Å². The highest BCUT2D eigenvalue weighted by molar-refractivity contribution is 5.96. The number of nitrogens with zero attached hydrogens (tertiary/aromatic N) is 1. The number of hydrogen-bond donors (Lipinski definition) is 0. The third-order valence-electron chi connectivity index (χ3n) is 5.36. The molecule has 1 heterocycles. The first kappa shape index (κ1) is 24.2. The Hall–Kier alpha value is -3.49. The van der Waals surface area contributed by atoms with E-state index in [1.165, 1.54) is 31.2 Å². The average molecular weight is 465 g/mol. The molecule has 1 aliphatic heterocycles. The molecule has 1 aliphatic rings. The molecule has 3 rings (SSSR count). The number of ether oxygens (including phenoxy) is 1. The molecule has 0 saturated carbocycles. The second kappa shape index (κ2) is 9.56. The lowest BCUT2D eigenvalue weighted by Gasteiger charge is -2.35. The lowest BCUT2D eigenvalue weighted by molar-refractivity contribution is -0.142. The molecule has 0 unspecified atom stereocenters. The lowest BCUT2D eigenvalue weighted by atomic mass is 9.81. The largest absolute Gasteiger partial charge is 0.458 e. The zero-order valence-corrected chi connectivity index (χ0v) is 17.6. The number of alkyl halides is 3. The van der Waals surface area contributed by atoms with Crippen LogP contribution in [0.15, 0.2) is 66.4 Å². The highest BCUT2D eigenvalue weighted by Crippen LogP contribution is 2.43. The molecule has 174 valence electrons. The minimum absolute atomic E-state index is 0.0166. The third-order valence-corrected chi connectivity index (χ3v) is 5.36. The first-order valence-electron chi connectivity index (χ1n) is 9.93. The van der Waals surface area contributed by atoms with Crippen LogP contribution in [0.2, 0.25) is 0 Å². The van der Waals surface area contributed by atoms with E-state index in [9.17, 15) is 31.5 Å². The van der Waals surface area contributed by atoms with Crippen LogP contribution in [-0.2, 0) is 27.0 Å². The van der Waals surface area contributed by atoms with Crippen LogP contribution in [-0.4, -0.2) is 23.4 Å². The Balaban J connectivity index is 2.12. The molecule has 0 radical (unpaired) electrons. The Morgan fingerprint density at radius 2 is 1.91 bits per heavy atom. The van der Waals surface area contributed by atoms with Crippen LogP contribution >= 0.6 is 0 Å². The molecule has 0 spiro atoms. The molecule has 9 heteroatoms. The second-order valence-corrected chi connectivity index (χ2v) is 7.44. The van der Waals surface area contributed by atoms with E-state index in [1.54, 1.807) is 0 Å². The topological polar surface area (TPSA) is 46.6 Å². The summed E-state index contributed by atoms with van der Waals surface area (Å²) in [6, 6.07) is 7.53. The van der Waals surface area contributed by atoms with Gasteiger partial charge in [-0.15, -0.1) is 0 Å². The fourth-order valence-electron chi connectivity index (χ4n) is 3.83. The van der Waals surface area contributed by atoms with Gasteiger partial charge in [0.15, 0.2) is 0 Å². The van der Waals surface area contributed by atoms with Crippen molar-refractivity contribution in [1.82, 2.24) is 4.90 Å². The number of benzene rings is 2. The van der Waals surface area contributed by atoms with Crippen LogP contribution in [0.5, 0.6) is 0 Å². The van der Waals surface area contributed by atoms with Gasteiger partial charge < -0.3 is 9.64 Å². The van der Waals surface area contributed by atoms with E-state index in [-0.39, 0.29) is 35.5 Å². The van der Waals surface area contributed by atoms with Crippen LogP contribution in [0.25, 0.3) is 0 Å². The molecule has 33 heavy (non-hydrogen) atoms. The summed E-state index contributed by atoms with van der Waals surface area (Å²) < 4.78 is 73.5. The van der Waals surface area contributed by atoms with E-state index in [4.69, 9.17) is 4.74 Å². The zero-order valence-electron chi connectivity index (χ0n) is 17.6. The van der Waals surface area contributed by atoms with Gasteiger partial charge >= 0.3 is 12.1 Å². The maximum Gasteiger partial charge on any atom is 0.416 e. The standard InChI is InChI=1S/C24H20F5NO3/c1-3-10-33-23(32)22-14(2)30(13-15-8-9-16(25)11-20(15)26)21(31)12-18(22)17-6-4-5-7-19(17)24(27,28)29/h3-9,11,18H,1,10,12-13H2,2H3/t18-/m1/s1.